The molecule has 70 valence electrons. The van der Waals surface area contributed by atoms with Gasteiger partial charge in [-0.3, -0.25) is 0 Å². The summed E-state index contributed by atoms with van der Waals surface area (Å²) in [6, 6.07) is 2.06. The number of nitrogens with one attached hydrogen (secondary N) is 1. The van der Waals surface area contributed by atoms with Crippen molar-refractivity contribution in [3.63, 3.8) is 0 Å². The highest BCUT2D eigenvalue weighted by Gasteiger charge is 2.20. The van der Waals surface area contributed by atoms with Gasteiger partial charge in [0.1, 0.15) is 4.88 Å². The summed E-state index contributed by atoms with van der Waals surface area (Å²) >= 11 is 1.23. The zero-order valence-electron chi connectivity index (χ0n) is 6.82. The van der Waals surface area contributed by atoms with Gasteiger partial charge in [-0.1, -0.05) is 0 Å². The van der Waals surface area contributed by atoms with Crippen LogP contribution < -0.4 is 5.32 Å². The maximum atomic E-state index is 10.7. The smallest absolute Gasteiger partial charge is 0.348 e. The molecular weight excluding hydrogens is 190 g/mol. The lowest BCUT2D eigenvalue weighted by atomic mass is 10.2. The maximum absolute atomic E-state index is 10.7. The van der Waals surface area contributed by atoms with Crippen LogP contribution in [0.15, 0.2) is 11.4 Å². The molecule has 0 aliphatic carbocycles. The molecule has 2 heterocycles. The number of anilines is 1. The van der Waals surface area contributed by atoms with E-state index in [-0.39, 0.29) is 6.04 Å². The zero-order chi connectivity index (χ0) is 9.26. The lowest BCUT2D eigenvalue weighted by Crippen LogP contribution is -2.40. The number of carboxylic acid groups (broad SMARTS) is 1. The Morgan fingerprint density at radius 1 is 1.69 bits per heavy atom. The Morgan fingerprint density at radius 2 is 2.46 bits per heavy atom. The highest BCUT2D eigenvalue weighted by Crippen LogP contribution is 2.23. The summed E-state index contributed by atoms with van der Waals surface area (Å²) in [5.41, 5.74) is 0.700. The fourth-order valence-corrected chi connectivity index (χ4v) is 1.82. The van der Waals surface area contributed by atoms with Gasteiger partial charge in [-0.15, -0.1) is 11.3 Å². The summed E-state index contributed by atoms with van der Waals surface area (Å²) in [7, 11) is 0. The molecule has 0 spiro atoms. The summed E-state index contributed by atoms with van der Waals surface area (Å²) in [6.07, 6.45) is 0. The second-order valence-electron chi connectivity index (χ2n) is 2.85. The lowest BCUT2D eigenvalue weighted by Gasteiger charge is -2.27. The van der Waals surface area contributed by atoms with Crippen molar-refractivity contribution in [2.24, 2.45) is 0 Å². The fourth-order valence-electron chi connectivity index (χ4n) is 1.13. The molecule has 4 nitrogen and oxygen atoms in total. The second-order valence-corrected chi connectivity index (χ2v) is 3.76. The highest BCUT2D eigenvalue weighted by molar-refractivity contribution is 7.12. The van der Waals surface area contributed by atoms with Gasteiger partial charge in [0.15, 0.2) is 0 Å². The van der Waals surface area contributed by atoms with Crippen molar-refractivity contribution < 1.29 is 14.6 Å². The number of ether oxygens (including phenoxy) is 1. The Morgan fingerprint density at radius 3 is 3.00 bits per heavy atom. The number of aromatic carboxylic acids is 1. The lowest BCUT2D eigenvalue weighted by molar-refractivity contribution is 0.0210. The molecule has 0 atom stereocenters. The first-order valence-electron chi connectivity index (χ1n) is 3.92. The number of carboxylic acids is 1. The van der Waals surface area contributed by atoms with Crippen molar-refractivity contribution in [2.45, 2.75) is 6.04 Å². The Kier molecular flexibility index (Phi) is 2.20. The third-order valence-electron chi connectivity index (χ3n) is 1.86. The van der Waals surface area contributed by atoms with Gasteiger partial charge in [-0.2, -0.15) is 0 Å². The van der Waals surface area contributed by atoms with E-state index in [0.717, 1.165) is 0 Å². The molecule has 1 aliphatic rings. The van der Waals surface area contributed by atoms with Crippen LogP contribution in [0.1, 0.15) is 9.67 Å². The SMILES string of the molecule is O=C(O)c1sccc1NC1COC1. The van der Waals surface area contributed by atoms with Gasteiger partial charge in [-0.25, -0.2) is 4.79 Å². The normalized spacial score (nSPS) is 16.6. The number of rotatable bonds is 3. The van der Waals surface area contributed by atoms with Gasteiger partial charge in [-0.05, 0) is 11.4 Å². The van der Waals surface area contributed by atoms with Crippen LogP contribution in [0.25, 0.3) is 0 Å². The monoisotopic (exact) mass is 199 g/mol. The number of thiophene rings is 1. The molecule has 13 heavy (non-hydrogen) atoms. The van der Waals surface area contributed by atoms with Gasteiger partial charge < -0.3 is 15.2 Å². The average molecular weight is 199 g/mol. The van der Waals surface area contributed by atoms with E-state index in [1.54, 1.807) is 11.4 Å². The van der Waals surface area contributed by atoms with Gasteiger partial charge in [0.05, 0.1) is 24.9 Å². The summed E-state index contributed by atoms with van der Waals surface area (Å²) in [4.78, 5) is 11.1. The molecule has 2 rings (SSSR count). The van der Waals surface area contributed by atoms with Crippen LogP contribution in [0.3, 0.4) is 0 Å². The molecule has 0 saturated carbocycles. The van der Waals surface area contributed by atoms with Crippen LogP contribution in [0.4, 0.5) is 5.69 Å². The molecule has 2 N–H and O–H groups in total. The standard InChI is InChI=1S/C8H9NO3S/c10-8(11)7-6(1-2-13-7)9-5-3-12-4-5/h1-2,5,9H,3-4H2,(H,10,11). The van der Waals surface area contributed by atoms with Crippen molar-refractivity contribution in [3.8, 4) is 0 Å². The minimum atomic E-state index is -0.877. The number of hydrogen-bond acceptors (Lipinski definition) is 4. The molecule has 0 aromatic carbocycles. The van der Waals surface area contributed by atoms with Gasteiger partial charge in [0.25, 0.3) is 0 Å². The molecule has 0 radical (unpaired) electrons. The first-order valence-corrected chi connectivity index (χ1v) is 4.80. The van der Waals surface area contributed by atoms with E-state index in [4.69, 9.17) is 9.84 Å². The molecule has 5 heteroatoms. The quantitative estimate of drug-likeness (QED) is 0.769. The highest BCUT2D eigenvalue weighted by atomic mass is 32.1. The summed E-state index contributed by atoms with van der Waals surface area (Å²) in [5, 5.41) is 13.7. The van der Waals surface area contributed by atoms with Crippen LogP contribution in [0.2, 0.25) is 0 Å². The summed E-state index contributed by atoms with van der Waals surface area (Å²) < 4.78 is 4.98. The van der Waals surface area contributed by atoms with Gasteiger partial charge in [0.2, 0.25) is 0 Å². The predicted molar refractivity (Wildman–Crippen MR) is 49.5 cm³/mol. The van der Waals surface area contributed by atoms with Crippen LogP contribution >= 0.6 is 11.3 Å². The Hall–Kier alpha value is -1.07. The Labute approximate surface area is 79.1 Å². The minimum absolute atomic E-state index is 0.271. The van der Waals surface area contributed by atoms with Crippen molar-refractivity contribution in [2.75, 3.05) is 18.5 Å². The predicted octanol–water partition coefficient (Wildman–Crippen LogP) is 1.26. The van der Waals surface area contributed by atoms with E-state index in [1.165, 1.54) is 11.3 Å². The van der Waals surface area contributed by atoms with Crippen molar-refractivity contribution in [3.05, 3.63) is 16.3 Å². The molecule has 1 aliphatic heterocycles. The van der Waals surface area contributed by atoms with Crippen molar-refractivity contribution in [1.82, 2.24) is 0 Å². The molecule has 1 saturated heterocycles. The first-order chi connectivity index (χ1) is 6.27. The third kappa shape index (κ3) is 1.66. The van der Waals surface area contributed by atoms with Crippen molar-refractivity contribution in [1.29, 1.82) is 0 Å². The van der Waals surface area contributed by atoms with E-state index >= 15 is 0 Å². The third-order valence-corrected chi connectivity index (χ3v) is 2.76. The molecule has 1 aromatic rings. The topological polar surface area (TPSA) is 58.6 Å². The van der Waals surface area contributed by atoms with Crippen LogP contribution in [0, 0.1) is 0 Å². The van der Waals surface area contributed by atoms with Crippen LogP contribution in [0.5, 0.6) is 0 Å². The van der Waals surface area contributed by atoms with E-state index in [0.29, 0.717) is 23.8 Å². The fraction of sp³-hybridized carbons (Fsp3) is 0.375. The zero-order valence-corrected chi connectivity index (χ0v) is 7.63. The van der Waals surface area contributed by atoms with Crippen LogP contribution in [-0.4, -0.2) is 30.3 Å². The van der Waals surface area contributed by atoms with Crippen molar-refractivity contribution >= 4 is 23.0 Å². The summed E-state index contributed by atoms with van der Waals surface area (Å²) in [6.45, 7) is 1.32. The van der Waals surface area contributed by atoms with E-state index in [9.17, 15) is 4.79 Å². The van der Waals surface area contributed by atoms with Gasteiger partial charge in [0, 0.05) is 0 Å². The van der Waals surface area contributed by atoms with E-state index in [1.807, 2.05) is 0 Å². The number of hydrogen-bond donors (Lipinski definition) is 2. The maximum Gasteiger partial charge on any atom is 0.348 e. The molecule has 0 unspecified atom stereocenters. The first kappa shape index (κ1) is 8.52. The second kappa shape index (κ2) is 3.35. The molecule has 0 bridgehead atoms. The molecule has 1 aromatic heterocycles. The largest absolute Gasteiger partial charge is 0.477 e. The minimum Gasteiger partial charge on any atom is -0.477 e. The molecular formula is C8H9NO3S. The van der Waals surface area contributed by atoms with E-state index in [2.05, 4.69) is 5.32 Å². The molecule has 1 fully saturated rings. The van der Waals surface area contributed by atoms with Gasteiger partial charge >= 0.3 is 5.97 Å². The van der Waals surface area contributed by atoms with Crippen LogP contribution in [-0.2, 0) is 4.74 Å². The molecule has 0 amide bonds. The Balaban J connectivity index is 2.09. The Bertz CT molecular complexity index is 319. The number of carbonyl (C=O) groups is 1. The average Bonchev–Trinajstić information content (AvgIpc) is 2.44. The summed E-state index contributed by atoms with van der Waals surface area (Å²) in [5.74, 6) is -0.877. The van der Waals surface area contributed by atoms with E-state index < -0.39 is 5.97 Å².